The molecule has 1 aliphatic rings. The van der Waals surface area contributed by atoms with Crippen LogP contribution < -0.4 is 5.32 Å². The number of H-pyrrole nitrogens is 1. The second kappa shape index (κ2) is 6.65. The zero-order valence-electron chi connectivity index (χ0n) is 14.7. The van der Waals surface area contributed by atoms with Crippen molar-refractivity contribution in [3.05, 3.63) is 54.0 Å². The van der Waals surface area contributed by atoms with E-state index < -0.39 is 10.8 Å². The number of carbonyl (C=O) groups excluding carboxylic acids is 1. The Bertz CT molecular complexity index is 1030. The molecule has 0 aliphatic carbocycles. The highest BCUT2D eigenvalue weighted by Crippen LogP contribution is 2.59. The fourth-order valence-electron chi connectivity index (χ4n) is 3.45. The van der Waals surface area contributed by atoms with Crippen molar-refractivity contribution in [3.63, 3.8) is 0 Å². The van der Waals surface area contributed by atoms with Gasteiger partial charge in [-0.2, -0.15) is 4.31 Å². The summed E-state index contributed by atoms with van der Waals surface area (Å²) in [5, 5.41) is 3.44. The molecule has 142 valence electrons. The minimum absolute atomic E-state index is 0.145. The number of benzene rings is 2. The van der Waals surface area contributed by atoms with Gasteiger partial charge in [0.05, 0.1) is 4.90 Å². The van der Waals surface area contributed by atoms with Crippen LogP contribution in [0.15, 0.2) is 47.5 Å². The number of aromatic amines is 1. The highest BCUT2D eigenvalue weighted by molar-refractivity contribution is 8.22. The molecule has 0 saturated heterocycles. The molecule has 0 saturated carbocycles. The number of aromatic nitrogens is 1. The summed E-state index contributed by atoms with van der Waals surface area (Å²) in [5.74, 6) is -0.446. The van der Waals surface area contributed by atoms with E-state index in [4.69, 9.17) is 0 Å². The third-order valence-electron chi connectivity index (χ3n) is 4.88. The highest BCUT2D eigenvalue weighted by Gasteiger charge is 2.35. The minimum Gasteiger partial charge on any atom is -0.360 e. The summed E-state index contributed by atoms with van der Waals surface area (Å²) in [5.41, 5.74) is 3.37. The van der Waals surface area contributed by atoms with E-state index in [1.807, 2.05) is 18.3 Å². The van der Waals surface area contributed by atoms with Crippen LogP contribution in [0.25, 0.3) is 22.0 Å². The van der Waals surface area contributed by atoms with E-state index in [0.717, 1.165) is 22.1 Å². The van der Waals surface area contributed by atoms with E-state index in [0.29, 0.717) is 17.0 Å². The molecule has 6 nitrogen and oxygen atoms in total. The van der Waals surface area contributed by atoms with Gasteiger partial charge in [0, 0.05) is 49.2 Å². The van der Waals surface area contributed by atoms with Crippen LogP contribution in [0, 0.1) is 5.82 Å². The zero-order chi connectivity index (χ0) is 19.2. The van der Waals surface area contributed by atoms with Gasteiger partial charge in [-0.25, -0.2) is 4.39 Å². The average molecular weight is 389 g/mol. The van der Waals surface area contributed by atoms with Crippen molar-refractivity contribution in [2.24, 2.45) is 0 Å². The lowest BCUT2D eigenvalue weighted by Gasteiger charge is -2.37. The molecule has 0 radical (unpaired) electrons. The Balaban J connectivity index is 1.66. The maximum Gasteiger partial charge on any atom is 0.221 e. The molecular weight excluding hydrogens is 369 g/mol. The number of rotatable bonds is 4. The number of hydrogen-bond acceptors (Lipinski definition) is 4. The maximum atomic E-state index is 13.4. The van der Waals surface area contributed by atoms with Gasteiger partial charge in [-0.3, -0.25) is 13.9 Å². The Labute approximate surface area is 157 Å². The Morgan fingerprint density at radius 2 is 2.11 bits per heavy atom. The number of amides is 1. The van der Waals surface area contributed by atoms with E-state index in [9.17, 15) is 18.3 Å². The van der Waals surface area contributed by atoms with Gasteiger partial charge in [-0.05, 0) is 41.5 Å². The molecule has 8 heteroatoms. The topological polar surface area (TPSA) is 88.6 Å². The van der Waals surface area contributed by atoms with Crippen LogP contribution >= 0.6 is 10.8 Å². The Hall–Kier alpha value is -2.39. The number of nitrogens with zero attached hydrogens (tertiary/aromatic N) is 1. The monoisotopic (exact) mass is 389 g/mol. The first-order valence-corrected chi connectivity index (χ1v) is 10.0. The lowest BCUT2D eigenvalue weighted by Crippen LogP contribution is -2.28. The molecule has 0 bridgehead atoms. The minimum atomic E-state index is -3.09. The van der Waals surface area contributed by atoms with E-state index in [2.05, 4.69) is 10.3 Å². The molecule has 1 aliphatic heterocycles. The summed E-state index contributed by atoms with van der Waals surface area (Å²) < 4.78 is 36.1. The van der Waals surface area contributed by atoms with Crippen LogP contribution in [0.1, 0.15) is 12.0 Å². The molecule has 2 aromatic carbocycles. The summed E-state index contributed by atoms with van der Waals surface area (Å²) in [7, 11) is -1.53. The van der Waals surface area contributed by atoms with Gasteiger partial charge in [0.1, 0.15) is 5.82 Å². The predicted octanol–water partition coefficient (Wildman–Crippen LogP) is 3.95. The standard InChI is InChI=1S/C19H20FN3O3S/c1-21-19(24)6-7-23-11-13-8-12(2-5-18(13)27(23,25)26)16-10-22-17-9-14(20)3-4-15(16)17/h2-5,8-10,22,25-26H,6-7,11H2,1H3,(H,21,24). The SMILES string of the molecule is CNC(=O)CCN1Cc2cc(-c3c[nH]c4cc(F)ccc34)ccc2S1(O)O. The van der Waals surface area contributed by atoms with Crippen molar-refractivity contribution in [3.8, 4) is 11.1 Å². The maximum absolute atomic E-state index is 13.4. The fraction of sp³-hybridized carbons (Fsp3) is 0.211. The van der Waals surface area contributed by atoms with E-state index >= 15 is 0 Å². The van der Waals surface area contributed by atoms with Crippen molar-refractivity contribution in [1.82, 2.24) is 14.6 Å². The number of carbonyl (C=O) groups is 1. The summed E-state index contributed by atoms with van der Waals surface area (Å²) >= 11 is 0. The summed E-state index contributed by atoms with van der Waals surface area (Å²) in [6, 6.07) is 10.1. The molecule has 0 atom stereocenters. The quantitative estimate of drug-likeness (QED) is 0.544. The smallest absolute Gasteiger partial charge is 0.221 e. The van der Waals surface area contributed by atoms with Crippen LogP contribution in [-0.4, -0.2) is 37.9 Å². The summed E-state index contributed by atoms with van der Waals surface area (Å²) in [4.78, 5) is 15.1. The van der Waals surface area contributed by atoms with Gasteiger partial charge in [0.15, 0.2) is 0 Å². The second-order valence-corrected chi connectivity index (χ2v) is 8.51. The molecule has 0 fully saturated rings. The predicted molar refractivity (Wildman–Crippen MR) is 104 cm³/mol. The Morgan fingerprint density at radius 1 is 1.30 bits per heavy atom. The Kier molecular flexibility index (Phi) is 4.43. The average Bonchev–Trinajstić information content (AvgIpc) is 3.17. The van der Waals surface area contributed by atoms with Gasteiger partial charge < -0.3 is 10.3 Å². The lowest BCUT2D eigenvalue weighted by molar-refractivity contribution is -0.120. The van der Waals surface area contributed by atoms with Crippen molar-refractivity contribution in [2.75, 3.05) is 13.6 Å². The van der Waals surface area contributed by atoms with Crippen molar-refractivity contribution < 1.29 is 18.3 Å². The van der Waals surface area contributed by atoms with Gasteiger partial charge in [-0.15, -0.1) is 10.8 Å². The zero-order valence-corrected chi connectivity index (χ0v) is 15.5. The highest BCUT2D eigenvalue weighted by atomic mass is 32.3. The van der Waals surface area contributed by atoms with Crippen LogP contribution in [0.3, 0.4) is 0 Å². The lowest BCUT2D eigenvalue weighted by atomic mass is 10.0. The van der Waals surface area contributed by atoms with Gasteiger partial charge in [0.25, 0.3) is 0 Å². The molecule has 27 heavy (non-hydrogen) atoms. The summed E-state index contributed by atoms with van der Waals surface area (Å²) in [6.45, 7) is 0.623. The first kappa shape index (κ1) is 18.0. The fourth-order valence-corrected chi connectivity index (χ4v) is 5.12. The third kappa shape index (κ3) is 3.10. The molecule has 1 aromatic heterocycles. The Morgan fingerprint density at radius 3 is 2.89 bits per heavy atom. The number of halogens is 1. The molecule has 4 N–H and O–H groups in total. The third-order valence-corrected chi connectivity index (χ3v) is 6.90. The van der Waals surface area contributed by atoms with Gasteiger partial charge >= 0.3 is 0 Å². The van der Waals surface area contributed by atoms with Crippen molar-refractivity contribution >= 4 is 27.6 Å². The van der Waals surface area contributed by atoms with E-state index in [-0.39, 0.29) is 24.7 Å². The number of fused-ring (bicyclic) bond motifs is 2. The second-order valence-electron chi connectivity index (χ2n) is 6.52. The molecular formula is C19H20FN3O3S. The van der Waals surface area contributed by atoms with Crippen molar-refractivity contribution in [2.45, 2.75) is 17.9 Å². The first-order valence-electron chi connectivity index (χ1n) is 8.54. The van der Waals surface area contributed by atoms with Crippen LogP contribution in [0.5, 0.6) is 0 Å². The molecule has 3 aromatic rings. The normalized spacial score (nSPS) is 17.0. The number of hydrogen-bond donors (Lipinski definition) is 4. The van der Waals surface area contributed by atoms with Gasteiger partial charge in [0.2, 0.25) is 5.91 Å². The van der Waals surface area contributed by atoms with Crippen LogP contribution in [-0.2, 0) is 11.3 Å². The largest absolute Gasteiger partial charge is 0.360 e. The van der Waals surface area contributed by atoms with Crippen molar-refractivity contribution in [1.29, 1.82) is 0 Å². The first-order chi connectivity index (χ1) is 12.9. The van der Waals surface area contributed by atoms with Gasteiger partial charge in [-0.1, -0.05) is 6.07 Å². The molecule has 2 heterocycles. The molecule has 0 unspecified atom stereocenters. The molecule has 0 spiro atoms. The van der Waals surface area contributed by atoms with Crippen LogP contribution in [0.4, 0.5) is 4.39 Å². The van der Waals surface area contributed by atoms with E-state index in [1.54, 1.807) is 23.5 Å². The number of nitrogens with one attached hydrogen (secondary N) is 2. The van der Waals surface area contributed by atoms with Crippen LogP contribution in [0.2, 0.25) is 0 Å². The molecule has 1 amide bonds. The molecule has 4 rings (SSSR count). The summed E-state index contributed by atoms with van der Waals surface area (Å²) in [6.07, 6.45) is 2.02. The van der Waals surface area contributed by atoms with E-state index in [1.165, 1.54) is 12.1 Å².